The summed E-state index contributed by atoms with van der Waals surface area (Å²) in [5.74, 6) is -0.546. The van der Waals surface area contributed by atoms with Crippen molar-refractivity contribution in [2.75, 3.05) is 4.90 Å². The number of nitro groups is 1. The van der Waals surface area contributed by atoms with Crippen LogP contribution in [0.2, 0.25) is 0 Å². The minimum Gasteiger partial charge on any atom is -0.305 e. The molecule has 2 aromatic rings. The van der Waals surface area contributed by atoms with Gasteiger partial charge < -0.3 is 4.90 Å². The fraction of sp³-hybridized carbons (Fsp3) is 0.278. The Bertz CT molecular complexity index is 835. The first-order chi connectivity index (χ1) is 11.4. The van der Waals surface area contributed by atoms with Crippen molar-refractivity contribution < 1.29 is 14.1 Å². The zero-order chi connectivity index (χ0) is 17.4. The lowest BCUT2D eigenvalue weighted by Gasteiger charge is -2.35. The number of hydrogen-bond donors (Lipinski definition) is 0. The molecule has 1 aliphatic heterocycles. The van der Waals surface area contributed by atoms with Crippen molar-refractivity contribution in [3.63, 3.8) is 0 Å². The van der Waals surface area contributed by atoms with E-state index in [1.165, 1.54) is 30.3 Å². The van der Waals surface area contributed by atoms with Crippen molar-refractivity contribution in [1.29, 1.82) is 0 Å². The summed E-state index contributed by atoms with van der Waals surface area (Å²) < 4.78 is 13.4. The van der Waals surface area contributed by atoms with Crippen LogP contribution < -0.4 is 4.90 Å². The highest BCUT2D eigenvalue weighted by Gasteiger charge is 2.29. The van der Waals surface area contributed by atoms with Gasteiger partial charge in [-0.15, -0.1) is 0 Å². The summed E-state index contributed by atoms with van der Waals surface area (Å²) in [7, 11) is 0. The normalized spacial score (nSPS) is 16.6. The first-order valence-corrected chi connectivity index (χ1v) is 7.75. The van der Waals surface area contributed by atoms with Crippen LogP contribution in [0.25, 0.3) is 0 Å². The van der Waals surface area contributed by atoms with Crippen LogP contribution in [-0.2, 0) is 6.42 Å². The van der Waals surface area contributed by atoms with E-state index in [0.29, 0.717) is 16.8 Å². The molecule has 1 atom stereocenters. The number of aryl methyl sites for hydroxylation is 2. The predicted molar refractivity (Wildman–Crippen MR) is 88.8 cm³/mol. The van der Waals surface area contributed by atoms with Crippen molar-refractivity contribution in [3.05, 3.63) is 69.0 Å². The van der Waals surface area contributed by atoms with Crippen LogP contribution in [0.5, 0.6) is 0 Å². The third-order valence-electron chi connectivity index (χ3n) is 4.43. The highest BCUT2D eigenvalue weighted by Crippen LogP contribution is 2.33. The molecule has 0 aromatic heterocycles. The summed E-state index contributed by atoms with van der Waals surface area (Å²) in [6.45, 7) is 3.56. The summed E-state index contributed by atoms with van der Waals surface area (Å²) in [5, 5.41) is 10.9. The molecule has 0 radical (unpaired) electrons. The van der Waals surface area contributed by atoms with Gasteiger partial charge in [-0.05, 0) is 62.6 Å². The molecule has 1 unspecified atom stereocenters. The molecule has 0 spiro atoms. The number of amides is 1. The van der Waals surface area contributed by atoms with Gasteiger partial charge in [0.25, 0.3) is 11.6 Å². The van der Waals surface area contributed by atoms with Crippen LogP contribution in [0.3, 0.4) is 0 Å². The maximum absolute atomic E-state index is 13.4. The average Bonchev–Trinajstić information content (AvgIpc) is 2.54. The standard InChI is InChI=1S/C18H17FN2O3/c1-11-9-14(5-7-16(11)21(23)24)18(22)20-12(2)3-4-13-10-15(19)6-8-17(13)20/h5-10,12H,3-4H2,1-2H3. The number of hydrogen-bond acceptors (Lipinski definition) is 3. The van der Waals surface area contributed by atoms with E-state index in [4.69, 9.17) is 0 Å². The lowest BCUT2D eigenvalue weighted by atomic mass is 9.95. The summed E-state index contributed by atoms with van der Waals surface area (Å²) >= 11 is 0. The lowest BCUT2D eigenvalue weighted by molar-refractivity contribution is -0.385. The zero-order valence-corrected chi connectivity index (χ0v) is 13.5. The summed E-state index contributed by atoms with van der Waals surface area (Å²) in [6.07, 6.45) is 1.46. The molecule has 0 fully saturated rings. The van der Waals surface area contributed by atoms with Crippen LogP contribution in [0.15, 0.2) is 36.4 Å². The molecule has 1 heterocycles. The van der Waals surface area contributed by atoms with E-state index in [0.717, 1.165) is 18.4 Å². The Morgan fingerprint density at radius 2 is 2.04 bits per heavy atom. The molecular formula is C18H17FN2O3. The van der Waals surface area contributed by atoms with Gasteiger partial charge in [-0.25, -0.2) is 4.39 Å². The molecule has 0 bridgehead atoms. The van der Waals surface area contributed by atoms with Crippen molar-refractivity contribution in [1.82, 2.24) is 0 Å². The molecule has 24 heavy (non-hydrogen) atoms. The van der Waals surface area contributed by atoms with Crippen LogP contribution in [0, 0.1) is 22.9 Å². The minimum absolute atomic E-state index is 0.0132. The van der Waals surface area contributed by atoms with Gasteiger partial charge in [0.2, 0.25) is 0 Å². The Morgan fingerprint density at radius 3 is 2.71 bits per heavy atom. The van der Waals surface area contributed by atoms with E-state index < -0.39 is 4.92 Å². The molecule has 0 saturated heterocycles. The van der Waals surface area contributed by atoms with Gasteiger partial charge >= 0.3 is 0 Å². The third kappa shape index (κ3) is 2.75. The van der Waals surface area contributed by atoms with Crippen molar-refractivity contribution >= 4 is 17.3 Å². The largest absolute Gasteiger partial charge is 0.305 e. The van der Waals surface area contributed by atoms with Crippen LogP contribution in [0.1, 0.15) is 34.8 Å². The van der Waals surface area contributed by atoms with E-state index in [2.05, 4.69) is 0 Å². The van der Waals surface area contributed by atoms with Gasteiger partial charge in [0.05, 0.1) is 4.92 Å². The van der Waals surface area contributed by atoms with Gasteiger partial charge in [-0.1, -0.05) is 0 Å². The van der Waals surface area contributed by atoms with E-state index in [-0.39, 0.29) is 23.5 Å². The molecule has 3 rings (SSSR count). The number of fused-ring (bicyclic) bond motifs is 1. The number of anilines is 1. The predicted octanol–water partition coefficient (Wildman–Crippen LogP) is 4.02. The molecule has 1 aliphatic rings. The fourth-order valence-corrected chi connectivity index (χ4v) is 3.16. The Morgan fingerprint density at radius 1 is 1.29 bits per heavy atom. The molecule has 1 amide bonds. The van der Waals surface area contributed by atoms with E-state index >= 15 is 0 Å². The summed E-state index contributed by atoms with van der Waals surface area (Å²) in [4.78, 5) is 25.1. The highest BCUT2D eigenvalue weighted by molar-refractivity contribution is 6.07. The van der Waals surface area contributed by atoms with Crippen molar-refractivity contribution in [3.8, 4) is 0 Å². The Hall–Kier alpha value is -2.76. The first-order valence-electron chi connectivity index (χ1n) is 7.75. The first kappa shape index (κ1) is 16.1. The quantitative estimate of drug-likeness (QED) is 0.618. The number of halogens is 1. The number of carbonyl (C=O) groups is 1. The molecule has 5 nitrogen and oxygen atoms in total. The lowest BCUT2D eigenvalue weighted by Crippen LogP contribution is -2.42. The van der Waals surface area contributed by atoms with Crippen molar-refractivity contribution in [2.45, 2.75) is 32.7 Å². The van der Waals surface area contributed by atoms with E-state index in [1.807, 2.05) is 6.92 Å². The van der Waals surface area contributed by atoms with E-state index in [9.17, 15) is 19.3 Å². The molecule has 124 valence electrons. The van der Waals surface area contributed by atoms with Crippen LogP contribution in [0.4, 0.5) is 15.8 Å². The second-order valence-electron chi connectivity index (χ2n) is 6.09. The number of nitro benzene ring substituents is 1. The van der Waals surface area contributed by atoms with E-state index in [1.54, 1.807) is 17.9 Å². The number of benzene rings is 2. The third-order valence-corrected chi connectivity index (χ3v) is 4.43. The Labute approximate surface area is 138 Å². The monoisotopic (exact) mass is 328 g/mol. The highest BCUT2D eigenvalue weighted by atomic mass is 19.1. The molecule has 2 aromatic carbocycles. The summed E-state index contributed by atoms with van der Waals surface area (Å²) in [5.41, 5.74) is 2.33. The number of rotatable bonds is 2. The smallest absolute Gasteiger partial charge is 0.272 e. The van der Waals surface area contributed by atoms with Gasteiger partial charge in [-0.3, -0.25) is 14.9 Å². The fourth-order valence-electron chi connectivity index (χ4n) is 3.16. The molecule has 6 heteroatoms. The van der Waals surface area contributed by atoms with Gasteiger partial charge in [0.15, 0.2) is 0 Å². The molecule has 0 aliphatic carbocycles. The maximum Gasteiger partial charge on any atom is 0.272 e. The molecule has 0 saturated carbocycles. The minimum atomic E-state index is -0.467. The second kappa shape index (κ2) is 6.03. The second-order valence-corrected chi connectivity index (χ2v) is 6.09. The average molecular weight is 328 g/mol. The van der Waals surface area contributed by atoms with Gasteiger partial charge in [0.1, 0.15) is 5.82 Å². The maximum atomic E-state index is 13.4. The molecule has 0 N–H and O–H groups in total. The number of carbonyl (C=O) groups excluding carboxylic acids is 1. The van der Waals surface area contributed by atoms with Crippen LogP contribution >= 0.6 is 0 Å². The van der Waals surface area contributed by atoms with Gasteiger partial charge in [0, 0.05) is 28.9 Å². The summed E-state index contributed by atoms with van der Waals surface area (Å²) in [6, 6.07) is 8.76. The van der Waals surface area contributed by atoms with Crippen LogP contribution in [-0.4, -0.2) is 16.9 Å². The zero-order valence-electron chi connectivity index (χ0n) is 13.5. The number of nitrogens with zero attached hydrogens (tertiary/aromatic N) is 2. The Balaban J connectivity index is 2.01. The Kier molecular flexibility index (Phi) is 4.05. The SMILES string of the molecule is Cc1cc(C(=O)N2c3ccc(F)cc3CCC2C)ccc1[N+](=O)[O-]. The molecular weight excluding hydrogens is 311 g/mol. The topological polar surface area (TPSA) is 63.5 Å². The van der Waals surface area contributed by atoms with Crippen molar-refractivity contribution in [2.24, 2.45) is 0 Å². The van der Waals surface area contributed by atoms with Gasteiger partial charge in [-0.2, -0.15) is 0 Å².